The van der Waals surface area contributed by atoms with Crippen molar-refractivity contribution >= 4 is 40.1 Å². The third-order valence-corrected chi connectivity index (χ3v) is 6.60. The lowest BCUT2D eigenvalue weighted by Crippen LogP contribution is -2.15. The van der Waals surface area contributed by atoms with Crippen molar-refractivity contribution in [1.82, 2.24) is 24.3 Å². The van der Waals surface area contributed by atoms with Crippen LogP contribution in [0.4, 0.5) is 16.3 Å². The summed E-state index contributed by atoms with van der Waals surface area (Å²) in [5.41, 5.74) is 4.80. The van der Waals surface area contributed by atoms with E-state index in [2.05, 4.69) is 41.2 Å². The van der Waals surface area contributed by atoms with Crippen molar-refractivity contribution in [3.8, 4) is 28.3 Å². The molecule has 0 bridgehead atoms. The summed E-state index contributed by atoms with van der Waals surface area (Å²) in [6.45, 7) is 6.17. The Morgan fingerprint density at radius 3 is 2.37 bits per heavy atom. The molecule has 2 N–H and O–H groups in total. The minimum Gasteiger partial charge on any atom is -0.481 e. The molecule has 38 heavy (non-hydrogen) atoms. The van der Waals surface area contributed by atoms with Crippen LogP contribution in [0, 0.1) is 0 Å². The molecule has 0 saturated heterocycles. The van der Waals surface area contributed by atoms with Crippen LogP contribution in [0.25, 0.3) is 33.3 Å². The number of hydrogen-bond donors (Lipinski definition) is 2. The number of pyridine rings is 2. The summed E-state index contributed by atoms with van der Waals surface area (Å²) < 4.78 is 8.09. The Kier molecular flexibility index (Phi) is 6.32. The molecule has 0 spiro atoms. The molecule has 0 aliphatic rings. The standard InChI is InChI=1S/C28H27ClN6O3/c1-28(2,3)25-19-14-30-23(11-22(19)35(27(36)37)26(25)18-13-32-34(4)15-18)33-21-8-6-16(10-20(21)29)17-7-9-24(38-5)31-12-17/h6-15H,1-5H3,(H,30,33)(H,36,37). The molecular formula is C28H27ClN6O3. The highest BCUT2D eigenvalue weighted by atomic mass is 35.5. The van der Waals surface area contributed by atoms with Gasteiger partial charge in [-0.2, -0.15) is 5.10 Å². The Bertz CT molecular complexity index is 1660. The van der Waals surface area contributed by atoms with Crippen LogP contribution < -0.4 is 10.1 Å². The van der Waals surface area contributed by atoms with Crippen LogP contribution in [-0.4, -0.2) is 42.6 Å². The highest BCUT2D eigenvalue weighted by Gasteiger charge is 2.30. The maximum atomic E-state index is 12.6. The van der Waals surface area contributed by atoms with Crippen molar-refractivity contribution in [3.63, 3.8) is 0 Å². The Morgan fingerprint density at radius 2 is 1.79 bits per heavy atom. The maximum absolute atomic E-state index is 12.6. The third-order valence-electron chi connectivity index (χ3n) is 6.28. The predicted molar refractivity (Wildman–Crippen MR) is 149 cm³/mol. The average molecular weight is 531 g/mol. The van der Waals surface area contributed by atoms with Crippen molar-refractivity contribution in [2.24, 2.45) is 7.05 Å². The number of halogens is 1. The first-order valence-corrected chi connectivity index (χ1v) is 12.3. The van der Waals surface area contributed by atoms with Gasteiger partial charge in [0.1, 0.15) is 5.82 Å². The van der Waals surface area contributed by atoms with Crippen molar-refractivity contribution in [3.05, 3.63) is 71.8 Å². The summed E-state index contributed by atoms with van der Waals surface area (Å²) >= 11 is 6.62. The molecule has 0 saturated carbocycles. The van der Waals surface area contributed by atoms with E-state index in [1.54, 1.807) is 49.6 Å². The number of carbonyl (C=O) groups is 1. The van der Waals surface area contributed by atoms with Gasteiger partial charge in [0.15, 0.2) is 0 Å². The Hall–Kier alpha value is -4.37. The van der Waals surface area contributed by atoms with Crippen LogP contribution in [0.15, 0.2) is 61.2 Å². The molecule has 0 unspecified atom stereocenters. The number of aromatic nitrogens is 5. The van der Waals surface area contributed by atoms with Gasteiger partial charge in [-0.15, -0.1) is 0 Å². The monoisotopic (exact) mass is 530 g/mol. The third kappa shape index (κ3) is 4.56. The summed E-state index contributed by atoms with van der Waals surface area (Å²) in [7, 11) is 3.37. The number of methoxy groups -OCH3 is 1. The van der Waals surface area contributed by atoms with E-state index in [1.165, 1.54) is 4.57 Å². The minimum absolute atomic E-state index is 0.351. The molecule has 0 aliphatic heterocycles. The molecule has 5 rings (SSSR count). The number of fused-ring (bicyclic) bond motifs is 1. The van der Waals surface area contributed by atoms with Gasteiger partial charge < -0.3 is 15.2 Å². The van der Waals surface area contributed by atoms with E-state index < -0.39 is 6.09 Å². The van der Waals surface area contributed by atoms with Gasteiger partial charge >= 0.3 is 6.09 Å². The zero-order valence-corrected chi connectivity index (χ0v) is 22.4. The number of benzene rings is 1. The zero-order valence-electron chi connectivity index (χ0n) is 21.7. The van der Waals surface area contributed by atoms with Crippen molar-refractivity contribution in [1.29, 1.82) is 0 Å². The number of anilines is 2. The van der Waals surface area contributed by atoms with E-state index in [-0.39, 0.29) is 5.41 Å². The summed E-state index contributed by atoms with van der Waals surface area (Å²) in [5, 5.41) is 19.0. The van der Waals surface area contributed by atoms with E-state index in [0.717, 1.165) is 27.6 Å². The zero-order chi connectivity index (χ0) is 27.2. The van der Waals surface area contributed by atoms with Gasteiger partial charge in [0, 0.05) is 54.3 Å². The van der Waals surface area contributed by atoms with Gasteiger partial charge in [0.05, 0.1) is 35.2 Å². The molecule has 4 aromatic heterocycles. The summed E-state index contributed by atoms with van der Waals surface area (Å²) in [6.07, 6.45) is 5.84. The largest absolute Gasteiger partial charge is 0.481 e. The molecule has 0 amide bonds. The molecule has 4 heterocycles. The number of nitrogens with one attached hydrogen (secondary N) is 1. The number of aryl methyl sites for hydroxylation is 1. The normalized spacial score (nSPS) is 11.6. The highest BCUT2D eigenvalue weighted by molar-refractivity contribution is 6.33. The van der Waals surface area contributed by atoms with Gasteiger partial charge in [0.2, 0.25) is 5.88 Å². The Labute approximate surface area is 224 Å². The lowest BCUT2D eigenvalue weighted by molar-refractivity contribution is 0.198. The first-order chi connectivity index (χ1) is 18.1. The number of ether oxygens (including phenoxy) is 1. The first-order valence-electron chi connectivity index (χ1n) is 11.9. The lowest BCUT2D eigenvalue weighted by atomic mass is 9.84. The Morgan fingerprint density at radius 1 is 1.03 bits per heavy atom. The lowest BCUT2D eigenvalue weighted by Gasteiger charge is -2.20. The van der Waals surface area contributed by atoms with E-state index >= 15 is 0 Å². The summed E-state index contributed by atoms with van der Waals surface area (Å²) in [6, 6.07) is 11.0. The molecule has 194 valence electrons. The fourth-order valence-corrected chi connectivity index (χ4v) is 4.86. The van der Waals surface area contributed by atoms with Crippen molar-refractivity contribution in [2.75, 3.05) is 12.4 Å². The molecule has 10 heteroatoms. The maximum Gasteiger partial charge on any atom is 0.416 e. The van der Waals surface area contributed by atoms with E-state index in [9.17, 15) is 9.90 Å². The molecule has 0 radical (unpaired) electrons. The number of hydrogen-bond acceptors (Lipinski definition) is 6. The SMILES string of the molecule is COc1ccc(-c2ccc(Nc3cc4c(cn3)c(C(C)(C)C)c(-c3cnn(C)c3)n4C(=O)O)c(Cl)c2)cn1. The summed E-state index contributed by atoms with van der Waals surface area (Å²) in [5.74, 6) is 1.00. The second-order valence-electron chi connectivity index (χ2n) is 9.99. The highest BCUT2D eigenvalue weighted by Crippen LogP contribution is 2.41. The van der Waals surface area contributed by atoms with Crippen LogP contribution in [0.3, 0.4) is 0 Å². The fourth-order valence-electron chi connectivity index (χ4n) is 4.63. The topological polar surface area (TPSA) is 107 Å². The minimum atomic E-state index is -1.09. The summed E-state index contributed by atoms with van der Waals surface area (Å²) in [4.78, 5) is 21.4. The quantitative estimate of drug-likeness (QED) is 0.259. The van der Waals surface area contributed by atoms with Crippen LogP contribution in [-0.2, 0) is 12.5 Å². The molecule has 1 aromatic carbocycles. The molecule has 0 atom stereocenters. The fraction of sp³-hybridized carbons (Fsp3) is 0.214. The van der Waals surface area contributed by atoms with Gasteiger partial charge in [-0.25, -0.2) is 19.3 Å². The van der Waals surface area contributed by atoms with Gasteiger partial charge in [-0.05, 0) is 34.7 Å². The number of rotatable bonds is 5. The molecular weight excluding hydrogens is 504 g/mol. The Balaban J connectivity index is 1.57. The molecule has 5 aromatic rings. The predicted octanol–water partition coefficient (Wildman–Crippen LogP) is 6.73. The van der Waals surface area contributed by atoms with Crippen LogP contribution in [0.2, 0.25) is 5.02 Å². The number of carboxylic acid groups (broad SMARTS) is 1. The van der Waals surface area contributed by atoms with Crippen molar-refractivity contribution < 1.29 is 14.6 Å². The van der Waals surface area contributed by atoms with Crippen LogP contribution in [0.5, 0.6) is 5.88 Å². The van der Waals surface area contributed by atoms with Gasteiger partial charge in [0.25, 0.3) is 0 Å². The van der Waals surface area contributed by atoms with E-state index in [0.29, 0.717) is 33.6 Å². The van der Waals surface area contributed by atoms with Gasteiger partial charge in [-0.3, -0.25) is 4.68 Å². The van der Waals surface area contributed by atoms with Crippen LogP contribution in [0.1, 0.15) is 26.3 Å². The van der Waals surface area contributed by atoms with E-state index in [4.69, 9.17) is 16.3 Å². The van der Waals surface area contributed by atoms with Crippen molar-refractivity contribution in [2.45, 2.75) is 26.2 Å². The second kappa shape index (κ2) is 9.50. The molecule has 0 aliphatic carbocycles. The second-order valence-corrected chi connectivity index (χ2v) is 10.4. The average Bonchev–Trinajstić information content (AvgIpc) is 3.46. The van der Waals surface area contributed by atoms with Gasteiger partial charge in [-0.1, -0.05) is 38.4 Å². The molecule has 0 fully saturated rings. The van der Waals surface area contributed by atoms with E-state index in [1.807, 2.05) is 30.5 Å². The molecule has 9 nitrogen and oxygen atoms in total. The first kappa shape index (κ1) is 25.3. The number of nitrogens with zero attached hydrogens (tertiary/aromatic N) is 5. The van der Waals surface area contributed by atoms with Crippen LogP contribution >= 0.6 is 11.6 Å². The smallest absolute Gasteiger partial charge is 0.416 e.